The standard InChI is InChI=1S/C29H23NO7/c31-24-16-15-23(21-13-7-8-14-22(21)24)27(37-29(35)30-28(34)19-9-3-1-4-10-19)25(17-18-26(32)33)36-20-11-5-2-6-12-20/h1-18,25,27,31H,(H,32,33)(H,30,34,35)/b18-17+/t25-,27-/m1/s1. The number of phenolic OH excluding ortho intramolecular Hbond substituents is 1. The highest BCUT2D eigenvalue weighted by Gasteiger charge is 2.30. The van der Waals surface area contributed by atoms with Gasteiger partial charge in [-0.25, -0.2) is 9.59 Å². The van der Waals surface area contributed by atoms with Gasteiger partial charge in [-0.05, 0) is 41.8 Å². The summed E-state index contributed by atoms with van der Waals surface area (Å²) in [6.07, 6.45) is -1.22. The number of rotatable bonds is 8. The van der Waals surface area contributed by atoms with E-state index in [1.165, 1.54) is 12.1 Å². The number of nitrogens with one attached hydrogen (secondary N) is 1. The number of hydrogen-bond donors (Lipinski definition) is 3. The number of ether oxygens (including phenoxy) is 2. The summed E-state index contributed by atoms with van der Waals surface area (Å²) in [6.45, 7) is 0. The molecule has 0 spiro atoms. The molecule has 0 heterocycles. The summed E-state index contributed by atoms with van der Waals surface area (Å²) >= 11 is 0. The van der Waals surface area contributed by atoms with Crippen LogP contribution in [0.1, 0.15) is 22.0 Å². The highest BCUT2D eigenvalue weighted by Crippen LogP contribution is 2.35. The molecule has 37 heavy (non-hydrogen) atoms. The molecule has 0 saturated heterocycles. The SMILES string of the molecule is O=C(O)/C=C/[C@@H](Oc1ccccc1)[C@H](OC(=O)NC(=O)c1ccccc1)c1ccc(O)c2ccccc12. The number of carbonyl (C=O) groups excluding carboxylic acids is 2. The topological polar surface area (TPSA) is 122 Å². The summed E-state index contributed by atoms with van der Waals surface area (Å²) in [5.74, 6) is -1.47. The van der Waals surface area contributed by atoms with Crippen molar-refractivity contribution in [2.45, 2.75) is 12.2 Å². The number of fused-ring (bicyclic) bond motifs is 1. The number of hydrogen-bond acceptors (Lipinski definition) is 6. The lowest BCUT2D eigenvalue weighted by molar-refractivity contribution is -0.131. The van der Waals surface area contributed by atoms with Gasteiger partial charge in [-0.2, -0.15) is 0 Å². The molecule has 0 aromatic heterocycles. The van der Waals surface area contributed by atoms with Crippen molar-refractivity contribution in [3.05, 3.63) is 120 Å². The molecule has 0 bridgehead atoms. The quantitative estimate of drug-likeness (QED) is 0.285. The maximum Gasteiger partial charge on any atom is 0.414 e. The number of aromatic hydroxyl groups is 1. The molecule has 0 aliphatic carbocycles. The van der Waals surface area contributed by atoms with E-state index in [2.05, 4.69) is 5.32 Å². The summed E-state index contributed by atoms with van der Waals surface area (Å²) in [5.41, 5.74) is 0.695. The fourth-order valence-corrected chi connectivity index (χ4v) is 3.80. The van der Waals surface area contributed by atoms with Crippen LogP contribution in [0.2, 0.25) is 0 Å². The van der Waals surface area contributed by atoms with Gasteiger partial charge in [0.2, 0.25) is 0 Å². The number of amides is 2. The number of benzene rings is 4. The fourth-order valence-electron chi connectivity index (χ4n) is 3.80. The summed E-state index contributed by atoms with van der Waals surface area (Å²) < 4.78 is 11.8. The molecule has 2 atom stereocenters. The van der Waals surface area contributed by atoms with Crippen molar-refractivity contribution in [1.29, 1.82) is 0 Å². The lowest BCUT2D eigenvalue weighted by Crippen LogP contribution is -2.36. The van der Waals surface area contributed by atoms with E-state index in [1.54, 1.807) is 91.0 Å². The molecular formula is C29H23NO7. The van der Waals surface area contributed by atoms with Crippen molar-refractivity contribution in [2.75, 3.05) is 0 Å². The highest BCUT2D eigenvalue weighted by atomic mass is 16.6. The molecule has 0 aliphatic heterocycles. The number of phenols is 1. The van der Waals surface area contributed by atoms with E-state index in [0.29, 0.717) is 22.1 Å². The van der Waals surface area contributed by atoms with Gasteiger partial charge in [-0.15, -0.1) is 0 Å². The van der Waals surface area contributed by atoms with Gasteiger partial charge < -0.3 is 19.7 Å². The van der Waals surface area contributed by atoms with Crippen molar-refractivity contribution < 1.29 is 34.1 Å². The second-order valence-corrected chi connectivity index (χ2v) is 7.96. The van der Waals surface area contributed by atoms with Crippen LogP contribution in [0.3, 0.4) is 0 Å². The molecular weight excluding hydrogens is 474 g/mol. The zero-order chi connectivity index (χ0) is 26.2. The van der Waals surface area contributed by atoms with Crippen LogP contribution in [0.15, 0.2) is 109 Å². The largest absolute Gasteiger partial charge is 0.507 e. The van der Waals surface area contributed by atoms with Gasteiger partial charge >= 0.3 is 12.1 Å². The van der Waals surface area contributed by atoms with E-state index in [4.69, 9.17) is 9.47 Å². The first-order valence-corrected chi connectivity index (χ1v) is 11.3. The summed E-state index contributed by atoms with van der Waals surface area (Å²) in [4.78, 5) is 36.8. The molecule has 4 rings (SSSR count). The zero-order valence-corrected chi connectivity index (χ0v) is 19.5. The summed E-state index contributed by atoms with van der Waals surface area (Å²) in [5, 5.41) is 22.9. The number of carboxylic acids is 1. The van der Waals surface area contributed by atoms with E-state index in [0.717, 1.165) is 6.08 Å². The number of carboxylic acid groups (broad SMARTS) is 1. The van der Waals surface area contributed by atoms with Gasteiger partial charge in [-0.3, -0.25) is 10.1 Å². The smallest absolute Gasteiger partial charge is 0.414 e. The molecule has 2 amide bonds. The van der Waals surface area contributed by atoms with E-state index in [1.807, 2.05) is 0 Å². The van der Waals surface area contributed by atoms with Gasteiger partial charge in [-0.1, -0.05) is 66.7 Å². The first kappa shape index (κ1) is 25.0. The van der Waals surface area contributed by atoms with Crippen LogP contribution in [0, 0.1) is 0 Å². The van der Waals surface area contributed by atoms with Gasteiger partial charge in [0, 0.05) is 22.6 Å². The summed E-state index contributed by atoms with van der Waals surface area (Å²) in [6, 6.07) is 26.7. The van der Waals surface area contributed by atoms with Crippen LogP contribution in [0.4, 0.5) is 4.79 Å². The highest BCUT2D eigenvalue weighted by molar-refractivity contribution is 6.03. The average molecular weight is 498 g/mol. The second kappa shape index (κ2) is 11.5. The first-order chi connectivity index (χ1) is 17.9. The Bertz CT molecular complexity index is 1430. The van der Waals surface area contributed by atoms with Crippen LogP contribution >= 0.6 is 0 Å². The average Bonchev–Trinajstić information content (AvgIpc) is 2.91. The predicted octanol–water partition coefficient (Wildman–Crippen LogP) is 5.24. The van der Waals surface area contributed by atoms with Crippen LogP contribution in [0.25, 0.3) is 10.8 Å². The Kier molecular flexibility index (Phi) is 7.80. The van der Waals surface area contributed by atoms with Crippen molar-refractivity contribution in [1.82, 2.24) is 5.32 Å². The molecule has 0 fully saturated rings. The van der Waals surface area contributed by atoms with Crippen molar-refractivity contribution in [3.63, 3.8) is 0 Å². The Balaban J connectivity index is 1.75. The maximum absolute atomic E-state index is 12.9. The Labute approximate surface area is 212 Å². The minimum absolute atomic E-state index is 0.0170. The van der Waals surface area contributed by atoms with Crippen molar-refractivity contribution in [2.24, 2.45) is 0 Å². The zero-order valence-electron chi connectivity index (χ0n) is 19.5. The fraction of sp³-hybridized carbons (Fsp3) is 0.0690. The van der Waals surface area contributed by atoms with E-state index in [9.17, 15) is 24.6 Å². The van der Waals surface area contributed by atoms with Gasteiger partial charge in [0.15, 0.2) is 12.2 Å². The molecule has 0 unspecified atom stereocenters. The molecule has 0 saturated carbocycles. The third-order valence-corrected chi connectivity index (χ3v) is 5.47. The molecule has 8 nitrogen and oxygen atoms in total. The molecule has 0 aliphatic rings. The van der Waals surface area contributed by atoms with Crippen LogP contribution < -0.4 is 10.1 Å². The molecule has 4 aromatic rings. The summed E-state index contributed by atoms with van der Waals surface area (Å²) in [7, 11) is 0. The Morgan fingerprint density at radius 1 is 0.784 bits per heavy atom. The van der Waals surface area contributed by atoms with Gasteiger partial charge in [0.1, 0.15) is 11.5 Å². The number of para-hydroxylation sites is 1. The normalized spacial score (nSPS) is 12.5. The molecule has 3 N–H and O–H groups in total. The number of alkyl carbamates (subject to hydrolysis) is 1. The first-order valence-electron chi connectivity index (χ1n) is 11.3. The van der Waals surface area contributed by atoms with Crippen molar-refractivity contribution >= 4 is 28.7 Å². The lowest BCUT2D eigenvalue weighted by atomic mass is 9.96. The van der Waals surface area contributed by atoms with E-state index in [-0.39, 0.29) is 11.3 Å². The molecule has 4 aromatic carbocycles. The number of aliphatic carboxylic acids is 1. The van der Waals surface area contributed by atoms with E-state index >= 15 is 0 Å². The molecule has 186 valence electrons. The number of imide groups is 1. The van der Waals surface area contributed by atoms with Crippen LogP contribution in [-0.4, -0.2) is 34.3 Å². The van der Waals surface area contributed by atoms with Gasteiger partial charge in [0.25, 0.3) is 5.91 Å². The second-order valence-electron chi connectivity index (χ2n) is 7.96. The maximum atomic E-state index is 12.9. The Hall–Kier alpha value is -5.11. The minimum Gasteiger partial charge on any atom is -0.507 e. The minimum atomic E-state index is -1.22. The Morgan fingerprint density at radius 2 is 1.41 bits per heavy atom. The van der Waals surface area contributed by atoms with Crippen LogP contribution in [-0.2, 0) is 9.53 Å². The lowest BCUT2D eigenvalue weighted by Gasteiger charge is -2.27. The third kappa shape index (κ3) is 6.32. The van der Waals surface area contributed by atoms with E-state index < -0.39 is 30.2 Å². The van der Waals surface area contributed by atoms with Crippen molar-refractivity contribution in [3.8, 4) is 11.5 Å². The molecule has 8 heteroatoms. The number of carbonyl (C=O) groups is 3. The predicted molar refractivity (Wildman–Crippen MR) is 136 cm³/mol. The van der Waals surface area contributed by atoms with Gasteiger partial charge in [0.05, 0.1) is 0 Å². The van der Waals surface area contributed by atoms with Crippen LogP contribution in [0.5, 0.6) is 11.5 Å². The third-order valence-electron chi connectivity index (χ3n) is 5.47. The molecule has 0 radical (unpaired) electrons. The Morgan fingerprint density at radius 3 is 2.08 bits per heavy atom. The monoisotopic (exact) mass is 497 g/mol.